The van der Waals surface area contributed by atoms with Crippen molar-refractivity contribution in [3.63, 3.8) is 0 Å². The second kappa shape index (κ2) is 5.52. The second-order valence-electron chi connectivity index (χ2n) is 6.64. The SMILES string of the molecule is CC1(C)CN(C(=O)c2ccc3ccc(Cl)cc3n2)CCC1N. The lowest BCUT2D eigenvalue weighted by atomic mass is 9.79. The topological polar surface area (TPSA) is 59.2 Å². The summed E-state index contributed by atoms with van der Waals surface area (Å²) in [6.07, 6.45) is 0.818. The molecule has 1 atom stereocenters. The lowest BCUT2D eigenvalue weighted by molar-refractivity contribution is 0.0528. The van der Waals surface area contributed by atoms with Crippen molar-refractivity contribution in [2.45, 2.75) is 26.3 Å². The Bertz CT molecular complexity index is 729. The van der Waals surface area contributed by atoms with Gasteiger partial charge < -0.3 is 10.6 Å². The third-order valence-corrected chi connectivity index (χ3v) is 4.71. The first-order valence-electron chi connectivity index (χ1n) is 7.48. The first-order valence-corrected chi connectivity index (χ1v) is 7.86. The molecule has 0 radical (unpaired) electrons. The Balaban J connectivity index is 1.89. The molecule has 1 amide bonds. The van der Waals surface area contributed by atoms with E-state index >= 15 is 0 Å². The zero-order valence-corrected chi connectivity index (χ0v) is 13.6. The summed E-state index contributed by atoms with van der Waals surface area (Å²) in [5, 5.41) is 1.59. The van der Waals surface area contributed by atoms with E-state index in [1.165, 1.54) is 0 Å². The number of pyridine rings is 1. The molecule has 2 aromatic rings. The predicted octanol–water partition coefficient (Wildman–Crippen LogP) is 3.09. The van der Waals surface area contributed by atoms with Crippen molar-refractivity contribution in [2.24, 2.45) is 11.1 Å². The molecule has 0 saturated carbocycles. The van der Waals surface area contributed by atoms with Crippen LogP contribution in [0.3, 0.4) is 0 Å². The van der Waals surface area contributed by atoms with Crippen LogP contribution in [0.4, 0.5) is 0 Å². The van der Waals surface area contributed by atoms with E-state index in [1.54, 1.807) is 12.1 Å². The molecule has 1 unspecified atom stereocenters. The number of nitrogens with zero attached hydrogens (tertiary/aromatic N) is 2. The highest BCUT2D eigenvalue weighted by molar-refractivity contribution is 6.31. The Kier molecular flexibility index (Phi) is 3.83. The van der Waals surface area contributed by atoms with Crippen LogP contribution in [0.5, 0.6) is 0 Å². The van der Waals surface area contributed by atoms with E-state index in [0.29, 0.717) is 23.8 Å². The number of rotatable bonds is 1. The first kappa shape index (κ1) is 15.3. The summed E-state index contributed by atoms with van der Waals surface area (Å²) in [5.74, 6) is -0.0400. The highest BCUT2D eigenvalue weighted by Crippen LogP contribution is 2.28. The molecule has 1 aromatic carbocycles. The lowest BCUT2D eigenvalue weighted by Gasteiger charge is -2.42. The number of piperidine rings is 1. The van der Waals surface area contributed by atoms with Gasteiger partial charge in [0.2, 0.25) is 0 Å². The van der Waals surface area contributed by atoms with E-state index < -0.39 is 0 Å². The molecule has 0 bridgehead atoms. The summed E-state index contributed by atoms with van der Waals surface area (Å²) in [6, 6.07) is 9.32. The summed E-state index contributed by atoms with van der Waals surface area (Å²) in [7, 11) is 0. The molecule has 1 aliphatic rings. The summed E-state index contributed by atoms with van der Waals surface area (Å²) >= 11 is 6.00. The van der Waals surface area contributed by atoms with Gasteiger partial charge in [0.1, 0.15) is 5.69 Å². The fraction of sp³-hybridized carbons (Fsp3) is 0.412. The Morgan fingerprint density at radius 3 is 2.82 bits per heavy atom. The van der Waals surface area contributed by atoms with Gasteiger partial charge in [-0.15, -0.1) is 0 Å². The molecule has 1 aromatic heterocycles. The molecule has 5 heteroatoms. The summed E-state index contributed by atoms with van der Waals surface area (Å²) in [5.41, 5.74) is 7.26. The smallest absolute Gasteiger partial charge is 0.272 e. The third-order valence-electron chi connectivity index (χ3n) is 4.47. The maximum Gasteiger partial charge on any atom is 0.272 e. The molecule has 0 aliphatic carbocycles. The lowest BCUT2D eigenvalue weighted by Crippen LogP contribution is -2.54. The largest absolute Gasteiger partial charge is 0.337 e. The molecule has 2 N–H and O–H groups in total. The van der Waals surface area contributed by atoms with Crippen LogP contribution in [0.15, 0.2) is 30.3 Å². The van der Waals surface area contributed by atoms with Crippen LogP contribution in [0, 0.1) is 5.41 Å². The molecule has 116 valence electrons. The average molecular weight is 318 g/mol. The van der Waals surface area contributed by atoms with Gasteiger partial charge in [-0.25, -0.2) is 4.98 Å². The number of nitrogens with two attached hydrogens (primary N) is 1. The minimum Gasteiger partial charge on any atom is -0.337 e. The monoisotopic (exact) mass is 317 g/mol. The van der Waals surface area contributed by atoms with Crippen molar-refractivity contribution in [2.75, 3.05) is 13.1 Å². The predicted molar refractivity (Wildman–Crippen MR) is 89.0 cm³/mol. The normalized spacial score (nSPS) is 21.1. The molecule has 0 spiro atoms. The van der Waals surface area contributed by atoms with Crippen molar-refractivity contribution in [1.29, 1.82) is 0 Å². The minimum absolute atomic E-state index is 0.0400. The number of fused-ring (bicyclic) bond motifs is 1. The standard InChI is InChI=1S/C17H20ClN3O/c1-17(2)10-21(8-7-15(17)19)16(22)13-6-4-11-3-5-12(18)9-14(11)20-13/h3-6,9,15H,7-8,10,19H2,1-2H3. The Morgan fingerprint density at radius 1 is 1.36 bits per heavy atom. The summed E-state index contributed by atoms with van der Waals surface area (Å²) in [6.45, 7) is 5.54. The quantitative estimate of drug-likeness (QED) is 0.879. The molecule has 22 heavy (non-hydrogen) atoms. The van der Waals surface area contributed by atoms with Crippen LogP contribution >= 0.6 is 11.6 Å². The van der Waals surface area contributed by atoms with Crippen LogP contribution in [0.25, 0.3) is 10.9 Å². The van der Waals surface area contributed by atoms with Gasteiger partial charge in [-0.3, -0.25) is 4.79 Å². The molecule has 2 heterocycles. The first-order chi connectivity index (χ1) is 10.4. The maximum absolute atomic E-state index is 12.7. The van der Waals surface area contributed by atoms with Gasteiger partial charge in [0.25, 0.3) is 5.91 Å². The zero-order chi connectivity index (χ0) is 15.9. The highest BCUT2D eigenvalue weighted by atomic mass is 35.5. The molecule has 1 aliphatic heterocycles. The van der Waals surface area contributed by atoms with Crippen LogP contribution in [0.2, 0.25) is 5.02 Å². The van der Waals surface area contributed by atoms with Crippen molar-refractivity contribution in [1.82, 2.24) is 9.88 Å². The van der Waals surface area contributed by atoms with Gasteiger partial charge in [0.15, 0.2) is 0 Å². The van der Waals surface area contributed by atoms with E-state index in [9.17, 15) is 4.79 Å². The number of amides is 1. The number of hydrogen-bond acceptors (Lipinski definition) is 3. The van der Waals surface area contributed by atoms with Crippen molar-refractivity contribution in [3.05, 3.63) is 41.0 Å². The van der Waals surface area contributed by atoms with Gasteiger partial charge in [-0.2, -0.15) is 0 Å². The number of halogens is 1. The van der Waals surface area contributed by atoms with Gasteiger partial charge in [0, 0.05) is 29.5 Å². The minimum atomic E-state index is -0.0753. The fourth-order valence-electron chi connectivity index (χ4n) is 2.92. The van der Waals surface area contributed by atoms with Gasteiger partial charge in [0.05, 0.1) is 5.52 Å². The zero-order valence-electron chi connectivity index (χ0n) is 12.8. The van der Waals surface area contributed by atoms with E-state index in [1.807, 2.05) is 23.1 Å². The third kappa shape index (κ3) is 2.81. The number of aromatic nitrogens is 1. The molecular formula is C17H20ClN3O. The average Bonchev–Trinajstić information content (AvgIpc) is 2.48. The number of likely N-dealkylation sites (tertiary alicyclic amines) is 1. The van der Waals surface area contributed by atoms with E-state index in [0.717, 1.165) is 17.3 Å². The van der Waals surface area contributed by atoms with Crippen LogP contribution in [-0.2, 0) is 0 Å². The van der Waals surface area contributed by atoms with Gasteiger partial charge in [-0.1, -0.05) is 37.6 Å². The Morgan fingerprint density at radius 2 is 2.09 bits per heavy atom. The van der Waals surface area contributed by atoms with Gasteiger partial charge >= 0.3 is 0 Å². The second-order valence-corrected chi connectivity index (χ2v) is 7.08. The number of carbonyl (C=O) groups excluding carboxylic acids is 1. The van der Waals surface area contributed by atoms with Crippen molar-refractivity contribution >= 4 is 28.4 Å². The Hall–Kier alpha value is -1.65. The van der Waals surface area contributed by atoms with Gasteiger partial charge in [-0.05, 0) is 30.0 Å². The summed E-state index contributed by atoms with van der Waals surface area (Å²) in [4.78, 5) is 19.0. The van der Waals surface area contributed by atoms with E-state index in [2.05, 4.69) is 18.8 Å². The highest BCUT2D eigenvalue weighted by Gasteiger charge is 2.35. The van der Waals surface area contributed by atoms with E-state index in [-0.39, 0.29) is 17.4 Å². The molecule has 3 rings (SSSR count). The van der Waals surface area contributed by atoms with Crippen LogP contribution < -0.4 is 5.73 Å². The van der Waals surface area contributed by atoms with Crippen LogP contribution in [0.1, 0.15) is 30.8 Å². The maximum atomic E-state index is 12.7. The molecule has 1 fully saturated rings. The van der Waals surface area contributed by atoms with Crippen LogP contribution in [-0.4, -0.2) is 34.9 Å². The number of hydrogen-bond donors (Lipinski definition) is 1. The Labute approximate surface area is 135 Å². The number of benzene rings is 1. The molecular weight excluding hydrogens is 298 g/mol. The summed E-state index contributed by atoms with van der Waals surface area (Å²) < 4.78 is 0. The molecule has 4 nitrogen and oxygen atoms in total. The van der Waals surface area contributed by atoms with Crippen molar-refractivity contribution < 1.29 is 4.79 Å². The fourth-order valence-corrected chi connectivity index (χ4v) is 3.09. The number of carbonyl (C=O) groups is 1. The molecule has 1 saturated heterocycles. The van der Waals surface area contributed by atoms with E-state index in [4.69, 9.17) is 17.3 Å². The van der Waals surface area contributed by atoms with Crippen molar-refractivity contribution in [3.8, 4) is 0 Å².